The zero-order valence-corrected chi connectivity index (χ0v) is 19.9. The second kappa shape index (κ2) is 10.7. The van der Waals surface area contributed by atoms with Crippen molar-refractivity contribution < 1.29 is 18.8 Å². The van der Waals surface area contributed by atoms with E-state index >= 15 is 0 Å². The molecule has 1 saturated heterocycles. The summed E-state index contributed by atoms with van der Waals surface area (Å²) in [7, 11) is 0. The number of halogens is 2. The lowest BCUT2D eigenvalue weighted by atomic mass is 10.1. The van der Waals surface area contributed by atoms with Gasteiger partial charge in [-0.3, -0.25) is 9.80 Å². The van der Waals surface area contributed by atoms with Crippen LogP contribution in [0.4, 0.5) is 4.39 Å². The highest BCUT2D eigenvalue weighted by Crippen LogP contribution is 2.26. The van der Waals surface area contributed by atoms with Crippen molar-refractivity contribution in [1.82, 2.24) is 19.9 Å². The lowest BCUT2D eigenvalue weighted by Crippen LogP contribution is -2.48. The maximum Gasteiger partial charge on any atom is 0.257 e. The van der Waals surface area contributed by atoms with Gasteiger partial charge in [-0.2, -0.15) is 4.98 Å². The molecule has 0 bridgehead atoms. The molecule has 0 saturated carbocycles. The molecule has 0 radical (unpaired) electrons. The number of benzene rings is 3. The van der Waals surface area contributed by atoms with E-state index in [0.29, 0.717) is 35.2 Å². The highest BCUT2D eigenvalue weighted by Gasteiger charge is 2.21. The lowest BCUT2D eigenvalue weighted by molar-refractivity contribution is 0.0432. The van der Waals surface area contributed by atoms with Gasteiger partial charge in [0.05, 0.1) is 6.54 Å². The number of rotatable bonds is 8. The van der Waals surface area contributed by atoms with Gasteiger partial charge in [0.1, 0.15) is 12.7 Å². The van der Waals surface area contributed by atoms with E-state index in [4.69, 9.17) is 20.9 Å². The van der Waals surface area contributed by atoms with Crippen molar-refractivity contribution in [3.8, 4) is 17.2 Å². The highest BCUT2D eigenvalue weighted by molar-refractivity contribution is 6.30. The van der Waals surface area contributed by atoms with Crippen molar-refractivity contribution in [2.75, 3.05) is 39.3 Å². The molecule has 0 amide bonds. The summed E-state index contributed by atoms with van der Waals surface area (Å²) in [5, 5.41) is 16.5. The van der Waals surface area contributed by atoms with Gasteiger partial charge in [-0.1, -0.05) is 47.1 Å². The Morgan fingerprint density at radius 2 is 1.74 bits per heavy atom. The van der Waals surface area contributed by atoms with Crippen LogP contribution >= 0.6 is 11.6 Å². The average molecular weight is 497 g/mol. The standard InChI is InChI=1S/C26H26ClFN4O3/c27-20-8-5-19(6-9-20)26-29-24(30-35-26)16-32-13-11-31(12-14-32)15-21(33)17-34-23-10-7-18-3-1-2-4-22(18)25(23)28/h1-10,21,33H,11-17H2. The van der Waals surface area contributed by atoms with Crippen LogP contribution in [0.3, 0.4) is 0 Å². The van der Waals surface area contributed by atoms with Crippen LogP contribution in [0.15, 0.2) is 65.2 Å². The Morgan fingerprint density at radius 1 is 1.00 bits per heavy atom. The summed E-state index contributed by atoms with van der Waals surface area (Å²) in [5.74, 6) is 0.866. The first kappa shape index (κ1) is 23.7. The summed E-state index contributed by atoms with van der Waals surface area (Å²) in [4.78, 5) is 8.92. The molecule has 9 heteroatoms. The van der Waals surface area contributed by atoms with E-state index in [1.54, 1.807) is 30.3 Å². The molecule has 0 aliphatic carbocycles. The largest absolute Gasteiger partial charge is 0.488 e. The van der Waals surface area contributed by atoms with Crippen molar-refractivity contribution in [3.63, 3.8) is 0 Å². The summed E-state index contributed by atoms with van der Waals surface area (Å²) in [6.07, 6.45) is -0.716. The van der Waals surface area contributed by atoms with Gasteiger partial charge >= 0.3 is 0 Å². The van der Waals surface area contributed by atoms with Crippen molar-refractivity contribution in [2.45, 2.75) is 12.6 Å². The minimum Gasteiger partial charge on any atom is -0.488 e. The predicted octanol–water partition coefficient (Wildman–Crippen LogP) is 4.24. The summed E-state index contributed by atoms with van der Waals surface area (Å²) in [6.45, 7) is 4.32. The van der Waals surface area contributed by atoms with Gasteiger partial charge in [-0.05, 0) is 35.7 Å². The second-order valence-corrected chi connectivity index (χ2v) is 9.10. The van der Waals surface area contributed by atoms with Crippen LogP contribution in [0, 0.1) is 5.82 Å². The molecular formula is C26H26ClFN4O3. The van der Waals surface area contributed by atoms with E-state index in [1.165, 1.54) is 0 Å². The Morgan fingerprint density at radius 3 is 2.54 bits per heavy atom. The maximum absolute atomic E-state index is 14.7. The van der Waals surface area contributed by atoms with E-state index in [1.807, 2.05) is 30.3 Å². The van der Waals surface area contributed by atoms with Crippen LogP contribution in [0.2, 0.25) is 5.02 Å². The van der Waals surface area contributed by atoms with Crippen LogP contribution in [0.5, 0.6) is 5.75 Å². The molecule has 1 N–H and O–H groups in total. The number of hydrogen-bond donors (Lipinski definition) is 1. The maximum atomic E-state index is 14.7. The number of aliphatic hydroxyl groups excluding tert-OH is 1. The summed E-state index contributed by atoms with van der Waals surface area (Å²) in [5.41, 5.74) is 0.831. The van der Waals surface area contributed by atoms with Crippen molar-refractivity contribution >= 4 is 22.4 Å². The molecule has 1 atom stereocenters. The van der Waals surface area contributed by atoms with E-state index in [0.717, 1.165) is 37.1 Å². The third-order valence-corrected chi connectivity index (χ3v) is 6.37. The molecule has 182 valence electrons. The van der Waals surface area contributed by atoms with E-state index in [-0.39, 0.29) is 12.4 Å². The molecule has 1 aliphatic rings. The van der Waals surface area contributed by atoms with Crippen LogP contribution in [-0.2, 0) is 6.54 Å². The van der Waals surface area contributed by atoms with Crippen LogP contribution in [-0.4, -0.2) is 70.5 Å². The van der Waals surface area contributed by atoms with E-state index < -0.39 is 11.9 Å². The molecule has 1 aromatic heterocycles. The summed E-state index contributed by atoms with van der Waals surface area (Å²) >= 11 is 5.93. The molecule has 5 rings (SSSR count). The number of aromatic nitrogens is 2. The number of ether oxygens (including phenoxy) is 1. The van der Waals surface area contributed by atoms with Gasteiger partial charge in [-0.25, -0.2) is 4.39 Å². The Hall–Kier alpha value is -3.04. The monoisotopic (exact) mass is 496 g/mol. The second-order valence-electron chi connectivity index (χ2n) is 8.66. The lowest BCUT2D eigenvalue weighted by Gasteiger charge is -2.34. The number of hydrogen-bond acceptors (Lipinski definition) is 7. The fourth-order valence-electron chi connectivity index (χ4n) is 4.22. The first-order valence-corrected chi connectivity index (χ1v) is 11.9. The first-order valence-electron chi connectivity index (χ1n) is 11.6. The zero-order valence-electron chi connectivity index (χ0n) is 19.1. The molecular weight excluding hydrogens is 471 g/mol. The Balaban J connectivity index is 1.07. The van der Waals surface area contributed by atoms with Crippen LogP contribution < -0.4 is 4.74 Å². The topological polar surface area (TPSA) is 74.9 Å². The SMILES string of the molecule is OC(COc1ccc2ccccc2c1F)CN1CCN(Cc2noc(-c3ccc(Cl)cc3)n2)CC1. The molecule has 1 fully saturated rings. The van der Waals surface area contributed by atoms with Crippen molar-refractivity contribution in [3.05, 3.63) is 77.3 Å². The molecule has 3 aromatic carbocycles. The Bertz CT molecular complexity index is 1280. The minimum absolute atomic E-state index is 0.0335. The molecule has 35 heavy (non-hydrogen) atoms. The third kappa shape index (κ3) is 5.79. The van der Waals surface area contributed by atoms with E-state index in [9.17, 15) is 9.50 Å². The van der Waals surface area contributed by atoms with Gasteiger partial charge < -0.3 is 14.4 Å². The number of β-amino-alcohol motifs (C(OH)–C–C–N with tert-alkyl or cyclic N) is 1. The highest BCUT2D eigenvalue weighted by atomic mass is 35.5. The molecule has 2 heterocycles. The molecule has 4 aromatic rings. The quantitative estimate of drug-likeness (QED) is 0.391. The van der Waals surface area contributed by atoms with Gasteiger partial charge in [0.25, 0.3) is 5.89 Å². The van der Waals surface area contributed by atoms with Crippen LogP contribution in [0.25, 0.3) is 22.2 Å². The Kier molecular flexibility index (Phi) is 7.24. The summed E-state index contributed by atoms with van der Waals surface area (Å²) < 4.78 is 25.7. The van der Waals surface area contributed by atoms with Crippen LogP contribution in [0.1, 0.15) is 5.82 Å². The number of fused-ring (bicyclic) bond motifs is 1. The smallest absolute Gasteiger partial charge is 0.257 e. The number of aliphatic hydroxyl groups is 1. The van der Waals surface area contributed by atoms with Gasteiger partial charge in [0.15, 0.2) is 17.4 Å². The number of nitrogens with zero attached hydrogens (tertiary/aromatic N) is 4. The van der Waals surface area contributed by atoms with Gasteiger partial charge in [0, 0.05) is 48.7 Å². The Labute approximate surface area is 207 Å². The third-order valence-electron chi connectivity index (χ3n) is 6.12. The van der Waals surface area contributed by atoms with Crippen molar-refractivity contribution in [1.29, 1.82) is 0 Å². The summed E-state index contributed by atoms with van der Waals surface area (Å²) in [6, 6.07) is 17.9. The fourth-order valence-corrected chi connectivity index (χ4v) is 4.35. The minimum atomic E-state index is -0.716. The molecule has 1 unspecified atom stereocenters. The first-order chi connectivity index (χ1) is 17.0. The van der Waals surface area contributed by atoms with Crippen molar-refractivity contribution in [2.24, 2.45) is 0 Å². The predicted molar refractivity (Wildman–Crippen MR) is 132 cm³/mol. The zero-order chi connectivity index (χ0) is 24.2. The fraction of sp³-hybridized carbons (Fsp3) is 0.308. The van der Waals surface area contributed by atoms with E-state index in [2.05, 4.69) is 19.9 Å². The molecule has 7 nitrogen and oxygen atoms in total. The van der Waals surface area contributed by atoms with Gasteiger partial charge in [-0.15, -0.1) is 0 Å². The normalized spacial score (nSPS) is 16.0. The molecule has 0 spiro atoms. The molecule has 1 aliphatic heterocycles. The van der Waals surface area contributed by atoms with Gasteiger partial charge in [0.2, 0.25) is 0 Å². The average Bonchev–Trinajstić information content (AvgIpc) is 3.34. The number of piperazine rings is 1.